The third-order valence-corrected chi connectivity index (χ3v) is 2.95. The molecule has 0 aromatic carbocycles. The van der Waals surface area contributed by atoms with Crippen LogP contribution in [0.15, 0.2) is 0 Å². The zero-order valence-electron chi connectivity index (χ0n) is 9.71. The molecule has 88 valence electrons. The number of carbonyl (C=O) groups excluding carboxylic acids is 1. The molecule has 15 heavy (non-hydrogen) atoms. The third kappa shape index (κ3) is 4.18. The lowest BCUT2D eigenvalue weighted by molar-refractivity contribution is -0.123. The average molecular weight is 214 g/mol. The number of carbonyl (C=O) groups is 1. The molecule has 0 aromatic rings. The van der Waals surface area contributed by atoms with Crippen LogP contribution in [0.5, 0.6) is 0 Å². The lowest BCUT2D eigenvalue weighted by atomic mass is 9.92. The molecule has 1 rings (SSSR count). The van der Waals surface area contributed by atoms with Gasteiger partial charge in [-0.1, -0.05) is 12.8 Å². The Kier molecular flexibility index (Phi) is 5.65. The van der Waals surface area contributed by atoms with E-state index in [2.05, 4.69) is 10.6 Å². The molecule has 2 atom stereocenters. The van der Waals surface area contributed by atoms with Gasteiger partial charge < -0.3 is 15.4 Å². The van der Waals surface area contributed by atoms with Crippen molar-refractivity contribution in [1.82, 2.24) is 10.6 Å². The van der Waals surface area contributed by atoms with Gasteiger partial charge in [0.15, 0.2) is 0 Å². The summed E-state index contributed by atoms with van der Waals surface area (Å²) in [4.78, 5) is 11.5. The minimum Gasteiger partial charge on any atom is -0.379 e. The van der Waals surface area contributed by atoms with E-state index in [0.717, 1.165) is 19.4 Å². The standard InChI is InChI=1S/C11H22N2O2/c1-12-8-7-11(14)13-9-5-3-4-6-10(9)15-2/h9-10,12H,3-8H2,1-2H3,(H,13,14). The van der Waals surface area contributed by atoms with Crippen LogP contribution >= 0.6 is 0 Å². The van der Waals surface area contributed by atoms with Crippen molar-refractivity contribution in [3.63, 3.8) is 0 Å². The third-order valence-electron chi connectivity index (χ3n) is 2.95. The Bertz CT molecular complexity index is 197. The van der Waals surface area contributed by atoms with Crippen LogP contribution in [0.25, 0.3) is 0 Å². The summed E-state index contributed by atoms with van der Waals surface area (Å²) in [6.45, 7) is 0.732. The van der Waals surface area contributed by atoms with Gasteiger partial charge in [0.25, 0.3) is 0 Å². The predicted molar refractivity (Wildman–Crippen MR) is 59.7 cm³/mol. The maximum atomic E-state index is 11.5. The lowest BCUT2D eigenvalue weighted by Gasteiger charge is -2.31. The fraction of sp³-hybridized carbons (Fsp3) is 0.909. The number of methoxy groups -OCH3 is 1. The Morgan fingerprint density at radius 2 is 2.13 bits per heavy atom. The Morgan fingerprint density at radius 3 is 2.80 bits per heavy atom. The molecule has 0 radical (unpaired) electrons. The first kappa shape index (κ1) is 12.5. The van der Waals surface area contributed by atoms with E-state index in [-0.39, 0.29) is 18.1 Å². The van der Waals surface area contributed by atoms with Gasteiger partial charge >= 0.3 is 0 Å². The normalized spacial score (nSPS) is 26.3. The SMILES string of the molecule is CNCCC(=O)NC1CCCCC1OC. The van der Waals surface area contributed by atoms with Gasteiger partial charge in [-0.05, 0) is 19.9 Å². The van der Waals surface area contributed by atoms with Gasteiger partial charge in [-0.15, -0.1) is 0 Å². The Labute approximate surface area is 91.8 Å². The number of rotatable bonds is 5. The quantitative estimate of drug-likeness (QED) is 0.707. The smallest absolute Gasteiger partial charge is 0.221 e. The van der Waals surface area contributed by atoms with Crippen LogP contribution in [-0.2, 0) is 9.53 Å². The molecule has 0 bridgehead atoms. The molecule has 0 aliphatic heterocycles. The maximum Gasteiger partial charge on any atom is 0.221 e. The second-order valence-corrected chi connectivity index (χ2v) is 4.09. The van der Waals surface area contributed by atoms with Crippen LogP contribution in [0.3, 0.4) is 0 Å². The Balaban J connectivity index is 2.30. The van der Waals surface area contributed by atoms with E-state index in [0.29, 0.717) is 6.42 Å². The maximum absolute atomic E-state index is 11.5. The van der Waals surface area contributed by atoms with Gasteiger partial charge in [0, 0.05) is 20.1 Å². The second-order valence-electron chi connectivity index (χ2n) is 4.09. The summed E-state index contributed by atoms with van der Waals surface area (Å²) in [6.07, 6.45) is 5.26. The summed E-state index contributed by atoms with van der Waals surface area (Å²) in [6, 6.07) is 0.216. The predicted octanol–water partition coefficient (Wildman–Crippen LogP) is 0.670. The van der Waals surface area contributed by atoms with Gasteiger partial charge in [-0.2, -0.15) is 0 Å². The minimum atomic E-state index is 0.123. The van der Waals surface area contributed by atoms with E-state index < -0.39 is 0 Å². The van der Waals surface area contributed by atoms with Crippen molar-refractivity contribution in [2.75, 3.05) is 20.7 Å². The van der Waals surface area contributed by atoms with Crippen molar-refractivity contribution in [3.8, 4) is 0 Å². The summed E-state index contributed by atoms with van der Waals surface area (Å²) in [5, 5.41) is 6.02. The summed E-state index contributed by atoms with van der Waals surface area (Å²) in [5.41, 5.74) is 0. The van der Waals surface area contributed by atoms with Crippen LogP contribution in [0, 0.1) is 0 Å². The molecule has 4 nitrogen and oxygen atoms in total. The molecule has 1 amide bonds. The summed E-state index contributed by atoms with van der Waals surface area (Å²) < 4.78 is 5.38. The van der Waals surface area contributed by atoms with Crippen LogP contribution in [0.4, 0.5) is 0 Å². The van der Waals surface area contributed by atoms with E-state index in [1.165, 1.54) is 12.8 Å². The molecule has 0 spiro atoms. The molecule has 1 aliphatic rings. The monoisotopic (exact) mass is 214 g/mol. The molecule has 2 N–H and O–H groups in total. The van der Waals surface area contributed by atoms with E-state index in [9.17, 15) is 4.79 Å². The van der Waals surface area contributed by atoms with Crippen molar-refractivity contribution in [2.24, 2.45) is 0 Å². The second kappa shape index (κ2) is 6.80. The lowest BCUT2D eigenvalue weighted by Crippen LogP contribution is -2.46. The first-order chi connectivity index (χ1) is 7.27. The van der Waals surface area contributed by atoms with Crippen LogP contribution in [0.2, 0.25) is 0 Å². The number of ether oxygens (including phenoxy) is 1. The fourth-order valence-corrected chi connectivity index (χ4v) is 2.06. The number of amides is 1. The number of hydrogen-bond donors (Lipinski definition) is 2. The van der Waals surface area contributed by atoms with Gasteiger partial charge in [-0.25, -0.2) is 0 Å². The van der Waals surface area contributed by atoms with Crippen LogP contribution in [-0.4, -0.2) is 38.8 Å². The molecule has 1 fully saturated rings. The molecule has 0 heterocycles. The zero-order chi connectivity index (χ0) is 11.1. The van der Waals surface area contributed by atoms with Crippen molar-refractivity contribution in [1.29, 1.82) is 0 Å². The molecule has 0 saturated heterocycles. The van der Waals surface area contributed by atoms with Gasteiger partial charge in [0.1, 0.15) is 0 Å². The average Bonchev–Trinajstić information content (AvgIpc) is 2.27. The van der Waals surface area contributed by atoms with Gasteiger partial charge in [-0.3, -0.25) is 4.79 Å². The number of nitrogens with one attached hydrogen (secondary N) is 2. The Morgan fingerprint density at radius 1 is 1.40 bits per heavy atom. The van der Waals surface area contributed by atoms with Gasteiger partial charge in [0.2, 0.25) is 5.91 Å². The number of hydrogen-bond acceptors (Lipinski definition) is 3. The van der Waals surface area contributed by atoms with Gasteiger partial charge in [0.05, 0.1) is 12.1 Å². The summed E-state index contributed by atoms with van der Waals surface area (Å²) in [7, 11) is 3.58. The molecule has 2 unspecified atom stereocenters. The fourth-order valence-electron chi connectivity index (χ4n) is 2.06. The van der Waals surface area contributed by atoms with Crippen LogP contribution in [0.1, 0.15) is 32.1 Å². The minimum absolute atomic E-state index is 0.123. The topological polar surface area (TPSA) is 50.4 Å². The first-order valence-electron chi connectivity index (χ1n) is 5.74. The highest BCUT2D eigenvalue weighted by atomic mass is 16.5. The van der Waals surface area contributed by atoms with E-state index in [1.54, 1.807) is 7.11 Å². The summed E-state index contributed by atoms with van der Waals surface area (Å²) in [5.74, 6) is 0.123. The highest BCUT2D eigenvalue weighted by molar-refractivity contribution is 5.76. The van der Waals surface area contributed by atoms with Crippen molar-refractivity contribution >= 4 is 5.91 Å². The zero-order valence-corrected chi connectivity index (χ0v) is 9.71. The Hall–Kier alpha value is -0.610. The summed E-state index contributed by atoms with van der Waals surface area (Å²) >= 11 is 0. The molecule has 4 heteroatoms. The van der Waals surface area contributed by atoms with Crippen LogP contribution < -0.4 is 10.6 Å². The van der Waals surface area contributed by atoms with Crippen molar-refractivity contribution in [3.05, 3.63) is 0 Å². The van der Waals surface area contributed by atoms with E-state index in [4.69, 9.17) is 4.74 Å². The van der Waals surface area contributed by atoms with Crippen molar-refractivity contribution < 1.29 is 9.53 Å². The highest BCUT2D eigenvalue weighted by Crippen LogP contribution is 2.20. The molecule has 0 aromatic heterocycles. The first-order valence-corrected chi connectivity index (χ1v) is 5.74. The molecule has 1 aliphatic carbocycles. The van der Waals surface area contributed by atoms with E-state index >= 15 is 0 Å². The molecule has 1 saturated carbocycles. The van der Waals surface area contributed by atoms with Crippen molar-refractivity contribution in [2.45, 2.75) is 44.2 Å². The molecular formula is C11H22N2O2. The highest BCUT2D eigenvalue weighted by Gasteiger charge is 2.25. The largest absolute Gasteiger partial charge is 0.379 e. The molecular weight excluding hydrogens is 192 g/mol. The van der Waals surface area contributed by atoms with E-state index in [1.807, 2.05) is 7.05 Å².